The van der Waals surface area contributed by atoms with E-state index in [0.717, 1.165) is 61.6 Å². The van der Waals surface area contributed by atoms with Crippen molar-refractivity contribution < 1.29 is 4.79 Å². The average Bonchev–Trinajstić information content (AvgIpc) is 2.93. The monoisotopic (exact) mass is 521 g/mol. The predicted molar refractivity (Wildman–Crippen MR) is 165 cm³/mol. The van der Waals surface area contributed by atoms with Crippen molar-refractivity contribution in [2.45, 2.75) is 50.9 Å². The number of nitrogens with one attached hydrogen (secondary N) is 1. The van der Waals surface area contributed by atoms with Crippen LogP contribution in [0.15, 0.2) is 85.6 Å². The fourth-order valence-corrected chi connectivity index (χ4v) is 6.49. The molecule has 0 aromatic heterocycles. The summed E-state index contributed by atoms with van der Waals surface area (Å²) >= 11 is 0. The van der Waals surface area contributed by atoms with Gasteiger partial charge in [-0.3, -0.25) is 4.79 Å². The summed E-state index contributed by atoms with van der Waals surface area (Å²) in [6.45, 7) is 13.3. The van der Waals surface area contributed by atoms with Gasteiger partial charge in [0, 0.05) is 43.6 Å². The number of rotatable bonds is 9. The molecule has 39 heavy (non-hydrogen) atoms. The second-order valence-corrected chi connectivity index (χ2v) is 11.9. The fourth-order valence-electron chi connectivity index (χ4n) is 6.49. The molecule has 2 saturated carbocycles. The molecule has 0 unspecified atom stereocenters. The Kier molecular flexibility index (Phi) is 8.11. The first-order valence-corrected chi connectivity index (χ1v) is 14.5. The van der Waals surface area contributed by atoms with E-state index in [1.54, 1.807) is 4.90 Å². The lowest BCUT2D eigenvalue weighted by molar-refractivity contribution is -0.134. The van der Waals surface area contributed by atoms with Gasteiger partial charge in [-0.15, -0.1) is 0 Å². The molecule has 2 aliphatic carbocycles. The van der Waals surface area contributed by atoms with Crippen molar-refractivity contribution in [3.8, 4) is 0 Å². The topological polar surface area (TPSA) is 35.6 Å². The molecular formula is C35H43N3O. The van der Waals surface area contributed by atoms with Crippen LogP contribution in [0.4, 0.5) is 17.1 Å². The molecular weight excluding hydrogens is 478 g/mol. The Morgan fingerprint density at radius 3 is 2.36 bits per heavy atom. The Balaban J connectivity index is 1.19. The van der Waals surface area contributed by atoms with Gasteiger partial charge in [-0.2, -0.15) is 0 Å². The standard InChI is InChI=1S/C35H43N3O/c1-6-24(2)31-21-26(22-31)19-20-38-25(3)7-8-29-15-18-33(23-34(29)38)36-32-16-13-28(14-17-32)27-9-11-30(12-10-27)35(39)37(4)5/h6-8,13-18,23,26-27,30-31,36H,1-3,9-12,19-22H2,4-5H3. The maximum atomic E-state index is 12.3. The number of hydrogen-bond donors (Lipinski definition) is 1. The third-order valence-electron chi connectivity index (χ3n) is 9.09. The van der Waals surface area contributed by atoms with Gasteiger partial charge in [0.15, 0.2) is 0 Å². The van der Waals surface area contributed by atoms with Crippen LogP contribution in [0.1, 0.15) is 62.0 Å². The molecule has 0 saturated heterocycles. The van der Waals surface area contributed by atoms with Crippen LogP contribution in [0.5, 0.6) is 0 Å². The molecule has 204 valence electrons. The number of benzene rings is 2. The van der Waals surface area contributed by atoms with Gasteiger partial charge in [0.05, 0.1) is 5.69 Å². The number of allylic oxidation sites excluding steroid dienone is 3. The third-order valence-corrected chi connectivity index (χ3v) is 9.09. The van der Waals surface area contributed by atoms with Gasteiger partial charge in [0.25, 0.3) is 0 Å². The van der Waals surface area contributed by atoms with Gasteiger partial charge in [0.1, 0.15) is 0 Å². The molecule has 0 spiro atoms. The highest BCUT2D eigenvalue weighted by Gasteiger charge is 2.31. The summed E-state index contributed by atoms with van der Waals surface area (Å²) in [6, 6.07) is 15.5. The van der Waals surface area contributed by atoms with Crippen molar-refractivity contribution in [3.63, 3.8) is 0 Å². The molecule has 1 amide bonds. The molecule has 1 aliphatic heterocycles. The van der Waals surface area contributed by atoms with Crippen molar-refractivity contribution in [3.05, 3.63) is 96.8 Å². The summed E-state index contributed by atoms with van der Waals surface area (Å²) in [6.07, 6.45) is 14.0. The summed E-state index contributed by atoms with van der Waals surface area (Å²) in [7, 11) is 3.72. The Labute approximate surface area is 234 Å². The smallest absolute Gasteiger partial charge is 0.225 e. The molecule has 0 radical (unpaired) electrons. The summed E-state index contributed by atoms with van der Waals surface area (Å²) in [5.41, 5.74) is 8.26. The van der Waals surface area contributed by atoms with Crippen LogP contribution in [0.25, 0.3) is 6.08 Å². The van der Waals surface area contributed by atoms with E-state index in [9.17, 15) is 4.79 Å². The lowest BCUT2D eigenvalue weighted by Crippen LogP contribution is -2.31. The molecule has 2 aromatic carbocycles. The van der Waals surface area contributed by atoms with E-state index in [0.29, 0.717) is 11.8 Å². The first kappa shape index (κ1) is 27.1. The maximum absolute atomic E-state index is 12.3. The zero-order chi connectivity index (χ0) is 27.5. The van der Waals surface area contributed by atoms with E-state index < -0.39 is 0 Å². The summed E-state index contributed by atoms with van der Waals surface area (Å²) in [4.78, 5) is 16.4. The lowest BCUT2D eigenvalue weighted by Gasteiger charge is -2.38. The predicted octanol–water partition coefficient (Wildman–Crippen LogP) is 8.30. The number of amides is 1. The van der Waals surface area contributed by atoms with E-state index >= 15 is 0 Å². The maximum Gasteiger partial charge on any atom is 0.225 e. The number of fused-ring (bicyclic) bond motifs is 1. The Morgan fingerprint density at radius 1 is 1.00 bits per heavy atom. The zero-order valence-electron chi connectivity index (χ0n) is 23.7. The van der Waals surface area contributed by atoms with E-state index in [2.05, 4.69) is 84.6 Å². The SMILES string of the molecule is C=CC(=C)C1CC(CCN2C(=C)C=Cc3ccc(Nc4ccc(C5CCC(C(=O)N(C)C)CC5)cc4)cc32)C1. The minimum absolute atomic E-state index is 0.189. The second-order valence-electron chi connectivity index (χ2n) is 11.9. The Bertz CT molecular complexity index is 1260. The van der Waals surface area contributed by atoms with Crippen LogP contribution in [-0.4, -0.2) is 31.4 Å². The summed E-state index contributed by atoms with van der Waals surface area (Å²) < 4.78 is 0. The van der Waals surface area contributed by atoms with Crippen LogP contribution in [0.2, 0.25) is 0 Å². The number of anilines is 3. The molecule has 1 N–H and O–H groups in total. The summed E-state index contributed by atoms with van der Waals surface area (Å²) in [5.74, 6) is 2.38. The van der Waals surface area contributed by atoms with Gasteiger partial charge in [-0.25, -0.2) is 0 Å². The van der Waals surface area contributed by atoms with Gasteiger partial charge >= 0.3 is 0 Å². The fraction of sp³-hybridized carbons (Fsp3) is 0.400. The molecule has 3 aliphatic rings. The first-order chi connectivity index (χ1) is 18.8. The van der Waals surface area contributed by atoms with E-state index in [1.807, 2.05) is 20.2 Å². The molecule has 4 heteroatoms. The number of carbonyl (C=O) groups excluding carboxylic acids is 1. The van der Waals surface area contributed by atoms with E-state index in [-0.39, 0.29) is 11.8 Å². The quantitative estimate of drug-likeness (QED) is 0.337. The van der Waals surface area contributed by atoms with E-state index in [4.69, 9.17) is 0 Å². The largest absolute Gasteiger partial charge is 0.355 e. The average molecular weight is 522 g/mol. The van der Waals surface area contributed by atoms with Gasteiger partial charge in [0.2, 0.25) is 5.91 Å². The van der Waals surface area contributed by atoms with Crippen LogP contribution >= 0.6 is 0 Å². The number of nitrogens with zero attached hydrogens (tertiary/aromatic N) is 2. The van der Waals surface area contributed by atoms with Crippen molar-refractivity contribution in [2.75, 3.05) is 30.9 Å². The van der Waals surface area contributed by atoms with Crippen molar-refractivity contribution in [2.24, 2.45) is 17.8 Å². The minimum atomic E-state index is 0.189. The minimum Gasteiger partial charge on any atom is -0.355 e. The highest BCUT2D eigenvalue weighted by atomic mass is 16.2. The number of hydrogen-bond acceptors (Lipinski definition) is 3. The Morgan fingerprint density at radius 2 is 1.69 bits per heavy atom. The molecule has 5 rings (SSSR count). The normalized spacial score (nSPS) is 23.9. The van der Waals surface area contributed by atoms with Crippen LogP contribution in [0, 0.1) is 17.8 Å². The van der Waals surface area contributed by atoms with Crippen LogP contribution in [0.3, 0.4) is 0 Å². The second kappa shape index (κ2) is 11.7. The molecule has 0 atom stereocenters. The molecule has 2 aromatic rings. The van der Waals surface area contributed by atoms with Crippen molar-refractivity contribution in [1.29, 1.82) is 0 Å². The van der Waals surface area contributed by atoms with Crippen molar-refractivity contribution in [1.82, 2.24) is 4.90 Å². The molecule has 4 nitrogen and oxygen atoms in total. The van der Waals surface area contributed by atoms with E-state index in [1.165, 1.54) is 35.2 Å². The first-order valence-electron chi connectivity index (χ1n) is 14.5. The highest BCUT2D eigenvalue weighted by molar-refractivity contribution is 5.80. The molecule has 1 heterocycles. The Hall–Kier alpha value is -3.53. The van der Waals surface area contributed by atoms with Crippen LogP contribution < -0.4 is 10.2 Å². The lowest BCUT2D eigenvalue weighted by atomic mass is 9.70. The highest BCUT2D eigenvalue weighted by Crippen LogP contribution is 2.42. The van der Waals surface area contributed by atoms with Gasteiger partial charge in [-0.1, -0.05) is 55.7 Å². The number of carbonyl (C=O) groups is 1. The molecule has 0 bridgehead atoms. The third kappa shape index (κ3) is 6.06. The molecule has 2 fully saturated rings. The zero-order valence-corrected chi connectivity index (χ0v) is 23.7. The summed E-state index contributed by atoms with van der Waals surface area (Å²) in [5, 5.41) is 3.62. The van der Waals surface area contributed by atoms with Gasteiger partial charge < -0.3 is 15.1 Å². The van der Waals surface area contributed by atoms with Gasteiger partial charge in [-0.05, 0) is 104 Å². The van der Waals surface area contributed by atoms with Crippen LogP contribution in [-0.2, 0) is 4.79 Å². The van der Waals surface area contributed by atoms with Crippen molar-refractivity contribution >= 4 is 29.0 Å².